The average Bonchev–Trinajstić information content (AvgIpc) is 3.06. The molecule has 2 rings (SSSR count). The smallest absolute Gasteiger partial charge is 0.317 e. The van der Waals surface area contributed by atoms with Crippen molar-refractivity contribution in [3.63, 3.8) is 0 Å². The van der Waals surface area contributed by atoms with Crippen LogP contribution in [0.15, 0.2) is 17.5 Å². The van der Waals surface area contributed by atoms with Gasteiger partial charge in [0.2, 0.25) is 0 Å². The van der Waals surface area contributed by atoms with Crippen LogP contribution in [0.25, 0.3) is 0 Å². The topological polar surface area (TPSA) is 35.6 Å². The van der Waals surface area contributed by atoms with Crippen molar-refractivity contribution < 1.29 is 4.79 Å². The van der Waals surface area contributed by atoms with Crippen LogP contribution in [0.2, 0.25) is 0 Å². The van der Waals surface area contributed by atoms with E-state index < -0.39 is 0 Å². The molecule has 136 valence electrons. The maximum atomic E-state index is 12.2. The SMILES string of the molecule is CC1CC(C)CN(CCCCNC(=O)N(C)C(C)c2cccs2)C1. The summed E-state index contributed by atoms with van der Waals surface area (Å²) in [6.07, 6.45) is 3.57. The lowest BCUT2D eigenvalue weighted by atomic mass is 9.92. The van der Waals surface area contributed by atoms with Gasteiger partial charge >= 0.3 is 6.03 Å². The van der Waals surface area contributed by atoms with Crippen LogP contribution in [-0.4, -0.2) is 49.1 Å². The number of carbonyl (C=O) groups excluding carboxylic acids is 1. The van der Waals surface area contributed by atoms with Crippen molar-refractivity contribution in [2.45, 2.75) is 46.1 Å². The fourth-order valence-corrected chi connectivity index (χ4v) is 4.48. The van der Waals surface area contributed by atoms with Crippen LogP contribution in [-0.2, 0) is 0 Å². The average molecular weight is 352 g/mol. The number of likely N-dealkylation sites (tertiary alicyclic amines) is 1. The molecule has 1 aromatic heterocycles. The number of hydrogen-bond acceptors (Lipinski definition) is 3. The molecule has 0 radical (unpaired) electrons. The Hall–Kier alpha value is -1.07. The highest BCUT2D eigenvalue weighted by Gasteiger charge is 2.21. The monoisotopic (exact) mass is 351 g/mol. The van der Waals surface area contributed by atoms with E-state index in [1.165, 1.54) is 24.4 Å². The Balaban J connectivity index is 1.60. The molecule has 2 heterocycles. The highest BCUT2D eigenvalue weighted by atomic mass is 32.1. The van der Waals surface area contributed by atoms with Gasteiger partial charge in [-0.2, -0.15) is 0 Å². The quantitative estimate of drug-likeness (QED) is 0.747. The standard InChI is InChI=1S/C19H33N3OS/c1-15-12-16(2)14-22(13-15)10-6-5-9-20-19(23)21(4)17(3)18-8-7-11-24-18/h7-8,11,15-17H,5-6,9-10,12-14H2,1-4H3,(H,20,23). The third-order valence-electron chi connectivity index (χ3n) is 4.98. The first-order valence-corrected chi connectivity index (χ1v) is 10.1. The molecule has 3 atom stereocenters. The largest absolute Gasteiger partial charge is 0.338 e. The minimum atomic E-state index is 0.0242. The maximum Gasteiger partial charge on any atom is 0.317 e. The molecule has 4 nitrogen and oxygen atoms in total. The zero-order valence-corrected chi connectivity index (χ0v) is 16.4. The van der Waals surface area contributed by atoms with Crippen LogP contribution in [0.3, 0.4) is 0 Å². The van der Waals surface area contributed by atoms with Gasteiger partial charge < -0.3 is 15.1 Å². The lowest BCUT2D eigenvalue weighted by Crippen LogP contribution is -2.40. The molecule has 0 spiro atoms. The van der Waals surface area contributed by atoms with Crippen molar-refractivity contribution in [1.82, 2.24) is 15.1 Å². The molecule has 1 fully saturated rings. The molecule has 1 aromatic rings. The van der Waals surface area contributed by atoms with Gasteiger partial charge in [0.05, 0.1) is 6.04 Å². The highest BCUT2D eigenvalue weighted by Crippen LogP contribution is 2.23. The van der Waals surface area contributed by atoms with Gasteiger partial charge in [0.15, 0.2) is 0 Å². The van der Waals surface area contributed by atoms with Crippen LogP contribution in [0, 0.1) is 11.8 Å². The van der Waals surface area contributed by atoms with Gasteiger partial charge in [-0.05, 0) is 56.0 Å². The number of urea groups is 1. The molecule has 5 heteroatoms. The summed E-state index contributed by atoms with van der Waals surface area (Å²) in [7, 11) is 1.87. The number of thiophene rings is 1. The lowest BCUT2D eigenvalue weighted by Gasteiger charge is -2.35. The summed E-state index contributed by atoms with van der Waals surface area (Å²) in [5.74, 6) is 1.64. The van der Waals surface area contributed by atoms with E-state index in [1.807, 2.05) is 13.1 Å². The summed E-state index contributed by atoms with van der Waals surface area (Å²) in [6, 6.07) is 4.27. The van der Waals surface area contributed by atoms with Crippen LogP contribution in [0.5, 0.6) is 0 Å². The van der Waals surface area contributed by atoms with Gasteiger partial charge in [0.1, 0.15) is 0 Å². The molecule has 2 amide bonds. The van der Waals surface area contributed by atoms with E-state index in [0.29, 0.717) is 0 Å². The van der Waals surface area contributed by atoms with E-state index in [0.717, 1.165) is 37.8 Å². The van der Waals surface area contributed by atoms with Crippen molar-refractivity contribution >= 4 is 17.4 Å². The van der Waals surface area contributed by atoms with Crippen LogP contribution in [0.1, 0.15) is 51.0 Å². The van der Waals surface area contributed by atoms with Crippen molar-refractivity contribution in [3.8, 4) is 0 Å². The van der Waals surface area contributed by atoms with E-state index in [1.54, 1.807) is 16.2 Å². The first-order valence-electron chi connectivity index (χ1n) is 9.23. The van der Waals surface area contributed by atoms with E-state index in [2.05, 4.69) is 42.4 Å². The molecule has 1 aliphatic rings. The maximum absolute atomic E-state index is 12.2. The fraction of sp³-hybridized carbons (Fsp3) is 0.737. The predicted octanol–water partition coefficient (Wildman–Crippen LogP) is 4.21. The minimum absolute atomic E-state index is 0.0242. The van der Waals surface area contributed by atoms with Gasteiger partial charge in [-0.1, -0.05) is 19.9 Å². The number of nitrogens with one attached hydrogen (secondary N) is 1. The molecule has 0 bridgehead atoms. The molecule has 1 aliphatic heterocycles. The van der Waals surface area contributed by atoms with Gasteiger partial charge in [-0.3, -0.25) is 0 Å². The summed E-state index contributed by atoms with van der Waals surface area (Å²) in [5, 5.41) is 5.11. The summed E-state index contributed by atoms with van der Waals surface area (Å²) < 4.78 is 0. The van der Waals surface area contributed by atoms with Crippen molar-refractivity contribution in [2.75, 3.05) is 33.2 Å². The molecule has 0 aliphatic carbocycles. The molecule has 24 heavy (non-hydrogen) atoms. The van der Waals surface area contributed by atoms with Crippen molar-refractivity contribution in [1.29, 1.82) is 0 Å². The fourth-order valence-electron chi connectivity index (χ4n) is 3.65. The van der Waals surface area contributed by atoms with Crippen molar-refractivity contribution in [2.24, 2.45) is 11.8 Å². The minimum Gasteiger partial charge on any atom is -0.338 e. The number of nitrogens with zero attached hydrogens (tertiary/aromatic N) is 2. The Bertz CT molecular complexity index is 481. The molecular formula is C19H33N3OS. The lowest BCUT2D eigenvalue weighted by molar-refractivity contribution is 0.139. The Morgan fingerprint density at radius 3 is 2.71 bits per heavy atom. The van der Waals surface area contributed by atoms with E-state index in [-0.39, 0.29) is 12.1 Å². The number of hydrogen-bond donors (Lipinski definition) is 1. The number of carbonyl (C=O) groups is 1. The number of piperidine rings is 1. The Morgan fingerprint density at radius 1 is 1.38 bits per heavy atom. The van der Waals surface area contributed by atoms with E-state index in [4.69, 9.17) is 0 Å². The van der Waals surface area contributed by atoms with Crippen LogP contribution >= 0.6 is 11.3 Å². The predicted molar refractivity (Wildman–Crippen MR) is 103 cm³/mol. The van der Waals surface area contributed by atoms with E-state index >= 15 is 0 Å². The molecular weight excluding hydrogens is 318 g/mol. The zero-order valence-electron chi connectivity index (χ0n) is 15.6. The number of amides is 2. The molecule has 0 saturated carbocycles. The Morgan fingerprint density at radius 2 is 2.08 bits per heavy atom. The summed E-state index contributed by atoms with van der Waals surface area (Å²) >= 11 is 1.70. The van der Waals surface area contributed by atoms with E-state index in [9.17, 15) is 4.79 Å². The number of unbranched alkanes of at least 4 members (excludes halogenated alkanes) is 1. The normalized spacial score (nSPS) is 23.0. The molecule has 3 unspecified atom stereocenters. The highest BCUT2D eigenvalue weighted by molar-refractivity contribution is 7.10. The second kappa shape index (κ2) is 9.42. The van der Waals surface area contributed by atoms with Gasteiger partial charge in [0.25, 0.3) is 0 Å². The second-order valence-corrected chi connectivity index (χ2v) is 8.43. The molecule has 1 saturated heterocycles. The third-order valence-corrected chi connectivity index (χ3v) is 6.02. The first kappa shape index (κ1) is 19.3. The summed E-state index contributed by atoms with van der Waals surface area (Å²) in [6.45, 7) is 11.2. The Labute approximate surface area is 151 Å². The second-order valence-electron chi connectivity index (χ2n) is 7.45. The van der Waals surface area contributed by atoms with Crippen LogP contribution in [0.4, 0.5) is 4.79 Å². The van der Waals surface area contributed by atoms with Crippen LogP contribution < -0.4 is 5.32 Å². The summed E-state index contributed by atoms with van der Waals surface area (Å²) in [4.78, 5) is 17.8. The zero-order chi connectivity index (χ0) is 17.5. The van der Waals surface area contributed by atoms with Gasteiger partial charge in [0, 0.05) is 31.6 Å². The Kier molecular flexibility index (Phi) is 7.56. The van der Waals surface area contributed by atoms with Crippen molar-refractivity contribution in [3.05, 3.63) is 22.4 Å². The van der Waals surface area contributed by atoms with Gasteiger partial charge in [-0.25, -0.2) is 4.79 Å². The molecule has 0 aromatic carbocycles. The summed E-state index contributed by atoms with van der Waals surface area (Å²) in [5.41, 5.74) is 0. The third kappa shape index (κ3) is 5.78. The first-order chi connectivity index (χ1) is 11.5. The number of rotatable bonds is 7. The molecule has 1 N–H and O–H groups in total. The van der Waals surface area contributed by atoms with Gasteiger partial charge in [-0.15, -0.1) is 11.3 Å².